The van der Waals surface area contributed by atoms with Gasteiger partial charge >= 0.3 is 6.09 Å². The van der Waals surface area contributed by atoms with Crippen LogP contribution in [-0.4, -0.2) is 18.8 Å². The number of amides is 1. The molecule has 3 rings (SSSR count). The lowest BCUT2D eigenvalue weighted by atomic mass is 9.97. The number of carbonyl (C=O) groups is 1. The average molecular weight is 313 g/mol. The molecule has 122 valence electrons. The van der Waals surface area contributed by atoms with E-state index in [1.165, 1.54) is 0 Å². The average Bonchev–Trinajstić information content (AvgIpc) is 3.24. The van der Waals surface area contributed by atoms with Crippen LogP contribution < -0.4 is 10.1 Å². The van der Waals surface area contributed by atoms with Crippen molar-refractivity contribution < 1.29 is 14.3 Å². The molecular formula is C19H23NO3. The van der Waals surface area contributed by atoms with Crippen molar-refractivity contribution in [1.82, 2.24) is 5.32 Å². The molecule has 0 heterocycles. The van der Waals surface area contributed by atoms with E-state index in [-0.39, 0.29) is 11.6 Å². The van der Waals surface area contributed by atoms with E-state index in [9.17, 15) is 4.79 Å². The largest absolute Gasteiger partial charge is 0.497 e. The number of methoxy groups -OCH3 is 1. The molecule has 1 fully saturated rings. The summed E-state index contributed by atoms with van der Waals surface area (Å²) in [6.45, 7) is 5.61. The third kappa shape index (κ3) is 3.26. The minimum Gasteiger partial charge on any atom is -0.497 e. The maximum Gasteiger partial charge on any atom is 0.408 e. The summed E-state index contributed by atoms with van der Waals surface area (Å²) >= 11 is 0. The summed E-state index contributed by atoms with van der Waals surface area (Å²) < 4.78 is 10.8. The summed E-state index contributed by atoms with van der Waals surface area (Å²) in [7, 11) is 1.66. The summed E-state index contributed by atoms with van der Waals surface area (Å²) in [5, 5.41) is 5.32. The third-order valence-electron chi connectivity index (χ3n) is 4.10. The summed E-state index contributed by atoms with van der Waals surface area (Å²) in [5.74, 6) is 0.818. The van der Waals surface area contributed by atoms with Crippen LogP contribution in [0.4, 0.5) is 4.79 Å². The number of carbonyl (C=O) groups excluding carboxylic acids is 1. The number of ether oxygens (including phenoxy) is 2. The van der Waals surface area contributed by atoms with Crippen molar-refractivity contribution in [2.24, 2.45) is 0 Å². The number of rotatable bonds is 3. The molecule has 0 bridgehead atoms. The first-order valence-electron chi connectivity index (χ1n) is 7.91. The maximum absolute atomic E-state index is 12.2. The fourth-order valence-corrected chi connectivity index (χ4v) is 2.88. The Bertz CT molecular complexity index is 742. The normalized spacial score (nSPS) is 16.0. The molecule has 0 saturated heterocycles. The second kappa shape index (κ2) is 5.44. The molecule has 2 aromatic rings. The Hall–Kier alpha value is -2.23. The number of nitrogens with one attached hydrogen (secondary N) is 1. The minimum absolute atomic E-state index is 0.325. The van der Waals surface area contributed by atoms with Crippen LogP contribution in [0, 0.1) is 0 Å². The summed E-state index contributed by atoms with van der Waals surface area (Å²) in [5.41, 5.74) is 0.302. The molecule has 4 heteroatoms. The highest BCUT2D eigenvalue weighted by Gasteiger charge is 2.47. The second-order valence-corrected chi connectivity index (χ2v) is 7.10. The molecule has 23 heavy (non-hydrogen) atoms. The molecule has 0 spiro atoms. The monoisotopic (exact) mass is 313 g/mol. The van der Waals surface area contributed by atoms with E-state index in [1.807, 2.05) is 45.0 Å². The van der Waals surface area contributed by atoms with Gasteiger partial charge in [0, 0.05) is 0 Å². The van der Waals surface area contributed by atoms with Gasteiger partial charge in [-0.1, -0.05) is 24.3 Å². The van der Waals surface area contributed by atoms with Gasteiger partial charge in [0.2, 0.25) is 0 Å². The van der Waals surface area contributed by atoms with Crippen molar-refractivity contribution in [3.05, 3.63) is 42.0 Å². The van der Waals surface area contributed by atoms with Gasteiger partial charge in [0.25, 0.3) is 0 Å². The fourth-order valence-electron chi connectivity index (χ4n) is 2.88. The maximum atomic E-state index is 12.2. The molecule has 1 saturated carbocycles. The smallest absolute Gasteiger partial charge is 0.408 e. The van der Waals surface area contributed by atoms with E-state index in [1.54, 1.807) is 7.11 Å². The van der Waals surface area contributed by atoms with Gasteiger partial charge in [-0.3, -0.25) is 0 Å². The SMILES string of the molecule is COc1ccc2cccc(C3(NC(=O)OC(C)(C)C)CC3)c2c1. The molecule has 4 nitrogen and oxygen atoms in total. The zero-order valence-corrected chi connectivity index (χ0v) is 14.1. The van der Waals surface area contributed by atoms with Gasteiger partial charge < -0.3 is 14.8 Å². The molecule has 0 aliphatic heterocycles. The molecular weight excluding hydrogens is 290 g/mol. The molecule has 2 aromatic carbocycles. The van der Waals surface area contributed by atoms with Gasteiger partial charge in [-0.25, -0.2) is 4.79 Å². The van der Waals surface area contributed by atoms with Crippen molar-refractivity contribution >= 4 is 16.9 Å². The standard InChI is InChI=1S/C19H23NO3/c1-18(2,3)23-17(21)20-19(10-11-19)16-7-5-6-13-8-9-14(22-4)12-15(13)16/h5-9,12H,10-11H2,1-4H3,(H,20,21). The number of fused-ring (bicyclic) bond motifs is 1. The van der Waals surface area contributed by atoms with Crippen LogP contribution in [0.2, 0.25) is 0 Å². The predicted octanol–water partition coefficient (Wildman–Crippen LogP) is 4.36. The molecule has 1 aliphatic carbocycles. The highest BCUT2D eigenvalue weighted by Crippen LogP contribution is 2.48. The Morgan fingerprint density at radius 3 is 2.52 bits per heavy atom. The van der Waals surface area contributed by atoms with Crippen LogP contribution in [-0.2, 0) is 10.3 Å². The van der Waals surface area contributed by atoms with E-state index in [2.05, 4.69) is 17.4 Å². The van der Waals surface area contributed by atoms with Crippen molar-refractivity contribution in [2.45, 2.75) is 44.8 Å². The van der Waals surface area contributed by atoms with Crippen LogP contribution >= 0.6 is 0 Å². The lowest BCUT2D eigenvalue weighted by molar-refractivity contribution is 0.0495. The quantitative estimate of drug-likeness (QED) is 0.915. The van der Waals surface area contributed by atoms with E-state index in [4.69, 9.17) is 9.47 Å². The van der Waals surface area contributed by atoms with Crippen molar-refractivity contribution in [3.8, 4) is 5.75 Å². The Labute approximate surface area is 136 Å². The number of benzene rings is 2. The van der Waals surface area contributed by atoms with Crippen LogP contribution in [0.15, 0.2) is 36.4 Å². The van der Waals surface area contributed by atoms with Crippen LogP contribution in [0.5, 0.6) is 5.75 Å². The highest BCUT2D eigenvalue weighted by molar-refractivity contribution is 5.89. The molecule has 0 atom stereocenters. The molecule has 0 aromatic heterocycles. The molecule has 0 radical (unpaired) electrons. The number of hydrogen-bond donors (Lipinski definition) is 1. The van der Waals surface area contributed by atoms with Crippen molar-refractivity contribution in [2.75, 3.05) is 7.11 Å². The lowest BCUT2D eigenvalue weighted by Crippen LogP contribution is -2.39. The van der Waals surface area contributed by atoms with Crippen LogP contribution in [0.25, 0.3) is 10.8 Å². The first-order valence-corrected chi connectivity index (χ1v) is 7.91. The van der Waals surface area contributed by atoms with Gasteiger partial charge in [-0.05, 0) is 62.1 Å². The molecule has 1 amide bonds. The van der Waals surface area contributed by atoms with Gasteiger partial charge in [0.05, 0.1) is 12.6 Å². The summed E-state index contributed by atoms with van der Waals surface area (Å²) in [6, 6.07) is 12.2. The van der Waals surface area contributed by atoms with E-state index in [0.717, 1.165) is 34.9 Å². The first-order chi connectivity index (χ1) is 10.8. The minimum atomic E-state index is -0.498. The Morgan fingerprint density at radius 2 is 1.91 bits per heavy atom. The van der Waals surface area contributed by atoms with Gasteiger partial charge in [-0.15, -0.1) is 0 Å². The molecule has 0 unspecified atom stereocenters. The Morgan fingerprint density at radius 1 is 1.17 bits per heavy atom. The lowest BCUT2D eigenvalue weighted by Gasteiger charge is -2.24. The summed E-state index contributed by atoms with van der Waals surface area (Å²) in [6.07, 6.45) is 1.47. The first kappa shape index (κ1) is 15.7. The Balaban J connectivity index is 1.94. The van der Waals surface area contributed by atoms with Crippen LogP contribution in [0.3, 0.4) is 0 Å². The molecule has 1 aliphatic rings. The zero-order valence-electron chi connectivity index (χ0n) is 14.1. The number of alkyl carbamates (subject to hydrolysis) is 1. The van der Waals surface area contributed by atoms with Crippen molar-refractivity contribution in [1.29, 1.82) is 0 Å². The second-order valence-electron chi connectivity index (χ2n) is 7.10. The van der Waals surface area contributed by atoms with Crippen molar-refractivity contribution in [3.63, 3.8) is 0 Å². The topological polar surface area (TPSA) is 47.6 Å². The zero-order chi connectivity index (χ0) is 16.7. The summed E-state index contributed by atoms with van der Waals surface area (Å²) in [4.78, 5) is 12.2. The van der Waals surface area contributed by atoms with Crippen LogP contribution in [0.1, 0.15) is 39.2 Å². The van der Waals surface area contributed by atoms with E-state index < -0.39 is 5.60 Å². The number of hydrogen-bond acceptors (Lipinski definition) is 3. The van der Waals surface area contributed by atoms with Gasteiger partial charge in [0.1, 0.15) is 11.4 Å². The third-order valence-corrected chi connectivity index (χ3v) is 4.10. The van der Waals surface area contributed by atoms with Gasteiger partial charge in [-0.2, -0.15) is 0 Å². The molecule has 1 N–H and O–H groups in total. The van der Waals surface area contributed by atoms with E-state index >= 15 is 0 Å². The van der Waals surface area contributed by atoms with E-state index in [0.29, 0.717) is 0 Å². The fraction of sp³-hybridized carbons (Fsp3) is 0.421. The highest BCUT2D eigenvalue weighted by atomic mass is 16.6. The van der Waals surface area contributed by atoms with Gasteiger partial charge in [0.15, 0.2) is 0 Å². The Kier molecular flexibility index (Phi) is 3.71. The predicted molar refractivity (Wildman–Crippen MR) is 90.8 cm³/mol.